The van der Waals surface area contributed by atoms with Gasteiger partial charge in [-0.2, -0.15) is 0 Å². The predicted octanol–water partition coefficient (Wildman–Crippen LogP) is -0.609. The van der Waals surface area contributed by atoms with Gasteiger partial charge in [-0.25, -0.2) is 9.89 Å². The summed E-state index contributed by atoms with van der Waals surface area (Å²) < 4.78 is 1.51. The fourth-order valence-corrected chi connectivity index (χ4v) is 2.12. The highest BCUT2D eigenvalue weighted by Gasteiger charge is 2.18. The van der Waals surface area contributed by atoms with Gasteiger partial charge >= 0.3 is 5.69 Å². The summed E-state index contributed by atoms with van der Waals surface area (Å²) in [6.45, 7) is 4.19. The third-order valence-corrected chi connectivity index (χ3v) is 3.47. The average molecular weight is 232 g/mol. The molecule has 0 aliphatic heterocycles. The van der Waals surface area contributed by atoms with Crippen LogP contribution in [0.2, 0.25) is 0 Å². The van der Waals surface area contributed by atoms with Crippen LogP contribution < -0.4 is 11.4 Å². The summed E-state index contributed by atoms with van der Waals surface area (Å²) in [7, 11) is 0. The molecule has 0 fully saturated rings. The molecule has 0 radical (unpaired) electrons. The Balaban J connectivity index is 2.83. The van der Waals surface area contributed by atoms with Gasteiger partial charge in [0, 0.05) is 12.6 Å². The van der Waals surface area contributed by atoms with Gasteiger partial charge in [-0.15, -0.1) is 5.10 Å². The number of nitrogens with zero attached hydrogens (tertiary/aromatic N) is 2. The lowest BCUT2D eigenvalue weighted by Gasteiger charge is -2.16. The molecule has 15 heavy (non-hydrogen) atoms. The van der Waals surface area contributed by atoms with Crippen molar-refractivity contribution in [1.29, 1.82) is 0 Å². The van der Waals surface area contributed by atoms with Gasteiger partial charge in [0.2, 0.25) is 0 Å². The van der Waals surface area contributed by atoms with E-state index in [1.165, 1.54) is 16.3 Å². The Bertz CT molecular complexity index is 360. The zero-order valence-corrected chi connectivity index (χ0v) is 9.62. The lowest BCUT2D eigenvalue weighted by molar-refractivity contribution is 0.285. The van der Waals surface area contributed by atoms with Crippen LogP contribution in [0.15, 0.2) is 9.95 Å². The van der Waals surface area contributed by atoms with Crippen LogP contribution in [0.5, 0.6) is 0 Å². The molecule has 0 amide bonds. The first-order valence-corrected chi connectivity index (χ1v) is 5.66. The van der Waals surface area contributed by atoms with E-state index < -0.39 is 0 Å². The van der Waals surface area contributed by atoms with Crippen LogP contribution in [-0.2, 0) is 6.54 Å². The van der Waals surface area contributed by atoms with Gasteiger partial charge < -0.3 is 10.8 Å². The van der Waals surface area contributed by atoms with Crippen LogP contribution in [0.4, 0.5) is 0 Å². The minimum absolute atomic E-state index is 0.0346. The normalized spacial score (nSPS) is 15.2. The number of hydrogen-bond donors (Lipinski definition) is 3. The van der Waals surface area contributed by atoms with E-state index in [4.69, 9.17) is 10.8 Å². The van der Waals surface area contributed by atoms with Crippen molar-refractivity contribution in [2.24, 2.45) is 5.73 Å². The monoisotopic (exact) mass is 232 g/mol. The molecule has 7 heteroatoms. The van der Waals surface area contributed by atoms with Gasteiger partial charge in [-0.3, -0.25) is 4.57 Å². The number of aromatic nitrogens is 3. The molecule has 86 valence electrons. The van der Waals surface area contributed by atoms with E-state index in [9.17, 15) is 4.79 Å². The van der Waals surface area contributed by atoms with Crippen molar-refractivity contribution in [3.63, 3.8) is 0 Å². The van der Waals surface area contributed by atoms with Crippen LogP contribution in [-0.4, -0.2) is 37.8 Å². The summed E-state index contributed by atoms with van der Waals surface area (Å²) in [6.07, 6.45) is 0. The summed E-state index contributed by atoms with van der Waals surface area (Å²) in [5.41, 5.74) is 5.45. The molecule has 0 spiro atoms. The fourth-order valence-electron chi connectivity index (χ4n) is 1.12. The molecule has 6 nitrogen and oxygen atoms in total. The number of hydrogen-bond acceptors (Lipinski definition) is 5. The van der Waals surface area contributed by atoms with Crippen molar-refractivity contribution in [2.45, 2.75) is 36.8 Å². The first kappa shape index (κ1) is 12.3. The number of aromatic amines is 1. The van der Waals surface area contributed by atoms with E-state index in [-0.39, 0.29) is 23.6 Å². The molecule has 0 saturated heterocycles. The quantitative estimate of drug-likeness (QED) is 0.589. The molecule has 1 heterocycles. The Kier molecular flexibility index (Phi) is 4.37. The molecule has 1 rings (SSSR count). The Morgan fingerprint density at radius 3 is 2.87 bits per heavy atom. The first-order valence-electron chi connectivity index (χ1n) is 4.78. The molecule has 4 N–H and O–H groups in total. The Morgan fingerprint density at radius 1 is 1.73 bits per heavy atom. The minimum atomic E-state index is -0.235. The average Bonchev–Trinajstić information content (AvgIpc) is 2.54. The zero-order valence-electron chi connectivity index (χ0n) is 8.80. The number of thioether (sulfide) groups is 1. The summed E-state index contributed by atoms with van der Waals surface area (Å²) in [5, 5.41) is 15.8. The standard InChI is InChI=1S/C8H16N4O2S/c1-3-12-7(14)10-11-8(12)15-6(4-13)5(2)9/h5-6,13H,3-4,9H2,1-2H3,(H,10,14). The van der Waals surface area contributed by atoms with Crippen molar-refractivity contribution >= 4 is 11.8 Å². The Labute approximate surface area is 91.9 Å². The highest BCUT2D eigenvalue weighted by molar-refractivity contribution is 7.99. The molecule has 0 aromatic carbocycles. The topological polar surface area (TPSA) is 96.9 Å². The number of aliphatic hydroxyl groups excluding tert-OH is 1. The van der Waals surface area contributed by atoms with Crippen molar-refractivity contribution < 1.29 is 5.11 Å². The van der Waals surface area contributed by atoms with Gasteiger partial charge in [-0.1, -0.05) is 11.8 Å². The second-order valence-electron chi connectivity index (χ2n) is 3.25. The molecule has 2 atom stereocenters. The Morgan fingerprint density at radius 2 is 2.40 bits per heavy atom. The zero-order chi connectivity index (χ0) is 11.4. The summed E-state index contributed by atoms with van der Waals surface area (Å²) in [6, 6.07) is -0.155. The number of nitrogens with two attached hydrogens (primary N) is 1. The largest absolute Gasteiger partial charge is 0.395 e. The Hall–Kier alpha value is -0.790. The molecule has 0 aliphatic rings. The molecular weight excluding hydrogens is 216 g/mol. The fraction of sp³-hybridized carbons (Fsp3) is 0.750. The third kappa shape index (κ3) is 2.83. The molecule has 0 aliphatic carbocycles. The van der Waals surface area contributed by atoms with Crippen molar-refractivity contribution in [3.8, 4) is 0 Å². The van der Waals surface area contributed by atoms with Gasteiger partial charge in [0.1, 0.15) is 0 Å². The van der Waals surface area contributed by atoms with Crippen LogP contribution in [0.1, 0.15) is 13.8 Å². The predicted molar refractivity (Wildman–Crippen MR) is 58.9 cm³/mol. The van der Waals surface area contributed by atoms with Gasteiger partial charge in [0.25, 0.3) is 0 Å². The molecule has 1 aromatic heterocycles. The molecule has 1 aromatic rings. The maximum Gasteiger partial charge on any atom is 0.343 e. The van der Waals surface area contributed by atoms with Crippen LogP contribution in [0.25, 0.3) is 0 Å². The second-order valence-corrected chi connectivity index (χ2v) is 4.46. The van der Waals surface area contributed by atoms with E-state index in [1.807, 2.05) is 13.8 Å². The first-order chi connectivity index (χ1) is 7.10. The summed E-state index contributed by atoms with van der Waals surface area (Å²) >= 11 is 1.31. The maximum atomic E-state index is 11.2. The van der Waals surface area contributed by atoms with Gasteiger partial charge in [-0.05, 0) is 13.8 Å². The van der Waals surface area contributed by atoms with Crippen molar-refractivity contribution in [1.82, 2.24) is 14.8 Å². The molecule has 0 bridgehead atoms. The maximum absolute atomic E-state index is 11.2. The van der Waals surface area contributed by atoms with Crippen molar-refractivity contribution in [3.05, 3.63) is 10.5 Å². The van der Waals surface area contributed by atoms with E-state index in [0.717, 1.165) is 0 Å². The van der Waals surface area contributed by atoms with E-state index in [2.05, 4.69) is 10.2 Å². The SMILES string of the molecule is CCn1c(SC(CO)C(C)N)n[nH]c1=O. The number of aliphatic hydroxyl groups is 1. The van der Waals surface area contributed by atoms with Crippen LogP contribution in [0.3, 0.4) is 0 Å². The molecule has 2 unspecified atom stereocenters. The lowest BCUT2D eigenvalue weighted by atomic mass is 10.3. The second kappa shape index (κ2) is 5.34. The van der Waals surface area contributed by atoms with E-state index >= 15 is 0 Å². The third-order valence-electron chi connectivity index (χ3n) is 2.06. The number of nitrogens with one attached hydrogen (secondary N) is 1. The van der Waals surface area contributed by atoms with Crippen LogP contribution >= 0.6 is 11.8 Å². The number of H-pyrrole nitrogens is 1. The van der Waals surface area contributed by atoms with Crippen molar-refractivity contribution in [2.75, 3.05) is 6.61 Å². The van der Waals surface area contributed by atoms with Gasteiger partial charge in [0.15, 0.2) is 5.16 Å². The van der Waals surface area contributed by atoms with E-state index in [0.29, 0.717) is 11.7 Å². The highest BCUT2D eigenvalue weighted by atomic mass is 32.2. The van der Waals surface area contributed by atoms with E-state index in [1.54, 1.807) is 0 Å². The summed E-state index contributed by atoms with van der Waals surface area (Å²) in [5.74, 6) is 0. The smallest absolute Gasteiger partial charge is 0.343 e. The minimum Gasteiger partial charge on any atom is -0.395 e. The lowest BCUT2D eigenvalue weighted by Crippen LogP contribution is -2.32. The van der Waals surface area contributed by atoms with Crippen LogP contribution in [0, 0.1) is 0 Å². The molecular formula is C8H16N4O2S. The summed E-state index contributed by atoms with van der Waals surface area (Å²) in [4.78, 5) is 11.2. The van der Waals surface area contributed by atoms with Gasteiger partial charge in [0.05, 0.1) is 11.9 Å². The number of rotatable bonds is 5. The molecule has 0 saturated carbocycles. The highest BCUT2D eigenvalue weighted by Crippen LogP contribution is 2.21.